The number of benzene rings is 4. The van der Waals surface area contributed by atoms with E-state index in [0.717, 1.165) is 48.5 Å². The van der Waals surface area contributed by atoms with Crippen molar-refractivity contribution in [2.75, 3.05) is 15.3 Å². The molecule has 8 nitrogen and oxygen atoms in total. The third kappa shape index (κ3) is 8.23. The number of carbonyl (C=O) groups is 2. The van der Waals surface area contributed by atoms with Gasteiger partial charge in [-0.2, -0.15) is 23.2 Å². The van der Waals surface area contributed by atoms with Gasteiger partial charge in [0.25, 0.3) is 0 Å². The summed E-state index contributed by atoms with van der Waals surface area (Å²) >= 11 is 36.8. The van der Waals surface area contributed by atoms with Gasteiger partial charge in [0.2, 0.25) is 0 Å². The van der Waals surface area contributed by atoms with Gasteiger partial charge in [-0.3, -0.25) is 0 Å². The third-order valence-electron chi connectivity index (χ3n) is 5.90. The van der Waals surface area contributed by atoms with Crippen LogP contribution in [0.25, 0.3) is 0 Å². The highest BCUT2D eigenvalue weighted by atomic mass is 35.5. The molecule has 0 atom stereocenters. The minimum Gasteiger partial charge on any atom is -0.504 e. The molecule has 236 valence electrons. The van der Waals surface area contributed by atoms with E-state index in [1.54, 1.807) is 0 Å². The Morgan fingerprint density at radius 2 is 1.11 bits per heavy atom. The van der Waals surface area contributed by atoms with Crippen LogP contribution in [0.4, 0.5) is 39.8 Å². The molecule has 4 N–H and O–H groups in total. The van der Waals surface area contributed by atoms with Crippen LogP contribution in [0.2, 0.25) is 30.1 Å². The average molecular weight is 743 g/mol. The Labute approximate surface area is 283 Å². The average Bonchev–Trinajstić information content (AvgIpc) is 2.93. The molecule has 4 rings (SSSR count). The second-order valence-corrected chi connectivity index (χ2v) is 11.6. The van der Waals surface area contributed by atoms with Gasteiger partial charge in [-0.1, -0.05) is 81.7 Å². The first-order valence-electron chi connectivity index (χ1n) is 12.2. The van der Waals surface area contributed by atoms with Gasteiger partial charge in [-0.15, -0.1) is 0 Å². The van der Waals surface area contributed by atoms with Crippen molar-refractivity contribution in [3.8, 4) is 11.5 Å². The monoisotopic (exact) mass is 740 g/mol. The predicted molar refractivity (Wildman–Crippen MR) is 170 cm³/mol. The van der Waals surface area contributed by atoms with E-state index in [9.17, 15) is 33.0 Å². The van der Waals surface area contributed by atoms with Crippen LogP contribution < -0.4 is 20.7 Å². The smallest absolute Gasteiger partial charge is 0.416 e. The fourth-order valence-electron chi connectivity index (χ4n) is 3.91. The van der Waals surface area contributed by atoms with Gasteiger partial charge < -0.3 is 20.8 Å². The van der Waals surface area contributed by atoms with E-state index < -0.39 is 46.7 Å². The molecular weight excluding hydrogens is 726 g/mol. The quantitative estimate of drug-likeness (QED) is 0.153. The molecule has 17 heteroatoms. The van der Waals surface area contributed by atoms with Crippen LogP contribution in [0.15, 0.2) is 66.7 Å². The normalized spacial score (nSPS) is 11.2. The zero-order valence-corrected chi connectivity index (χ0v) is 26.6. The van der Waals surface area contributed by atoms with Crippen molar-refractivity contribution in [3.63, 3.8) is 0 Å². The van der Waals surface area contributed by atoms with Crippen LogP contribution >= 0.6 is 69.6 Å². The molecule has 0 heterocycles. The van der Waals surface area contributed by atoms with Crippen LogP contribution in [0.5, 0.6) is 11.5 Å². The molecule has 0 unspecified atom stereocenters. The van der Waals surface area contributed by atoms with Crippen LogP contribution in [0.3, 0.4) is 0 Å². The van der Waals surface area contributed by atoms with Gasteiger partial charge in [0, 0.05) is 32.3 Å². The van der Waals surface area contributed by atoms with Crippen molar-refractivity contribution in [2.24, 2.45) is 0 Å². The van der Waals surface area contributed by atoms with Gasteiger partial charge in [-0.05, 0) is 60.2 Å². The fourth-order valence-corrected chi connectivity index (χ4v) is 5.40. The van der Waals surface area contributed by atoms with Crippen LogP contribution in [-0.2, 0) is 12.7 Å². The van der Waals surface area contributed by atoms with Crippen molar-refractivity contribution in [1.29, 1.82) is 0 Å². The number of carbonyl (C=O) groups excluding carboxylic acids is 2. The zero-order valence-electron chi connectivity index (χ0n) is 22.1. The van der Waals surface area contributed by atoms with Crippen LogP contribution in [0, 0.1) is 0 Å². The molecule has 0 saturated heterocycles. The highest BCUT2D eigenvalue weighted by molar-refractivity contribution is 6.38. The van der Waals surface area contributed by atoms with E-state index in [2.05, 4.69) is 10.6 Å². The summed E-state index contributed by atoms with van der Waals surface area (Å²) in [6, 6.07) is 10.2. The summed E-state index contributed by atoms with van der Waals surface area (Å²) in [6.07, 6.45) is -4.58. The Bertz CT molecular complexity index is 1760. The molecule has 4 aromatic rings. The molecule has 0 fully saturated rings. The second-order valence-electron chi connectivity index (χ2n) is 9.08. The summed E-state index contributed by atoms with van der Waals surface area (Å²) in [5.74, 6) is -1.43. The highest BCUT2D eigenvalue weighted by Gasteiger charge is 2.35. The number of rotatable bonds is 5. The number of phenolic OH excluding ortho intramolecular Hbond substituents is 2. The number of halogens is 9. The summed E-state index contributed by atoms with van der Waals surface area (Å²) in [7, 11) is 0. The second kappa shape index (κ2) is 13.9. The van der Waals surface area contributed by atoms with Gasteiger partial charge in [-0.25, -0.2) is 9.59 Å². The van der Waals surface area contributed by atoms with Crippen LogP contribution in [0.1, 0.15) is 11.1 Å². The standard InChI is InChI=1S/C28H17Cl6F3N4O4/c29-15-5-16(30)7-19(6-15)39-27(45)41(23-11-18(32)9-21(34)25(23)43)40(22-10-17(31)8-20(33)24(22)42)26(44)38-12-13-1-3-14(4-2-13)28(35,36)37/h1-11,42-43H,12H2,(H,38,44)(H,39,45). The molecule has 0 radical (unpaired) electrons. The lowest BCUT2D eigenvalue weighted by molar-refractivity contribution is -0.137. The molecule has 0 bridgehead atoms. The van der Waals surface area contributed by atoms with E-state index in [1.807, 2.05) is 0 Å². The maximum absolute atomic E-state index is 14.0. The largest absolute Gasteiger partial charge is 0.504 e. The molecule has 0 spiro atoms. The Hall–Kier alpha value is -3.45. The molecule has 4 aromatic carbocycles. The molecule has 4 amide bonds. The number of alkyl halides is 3. The van der Waals surface area contributed by atoms with E-state index in [4.69, 9.17) is 69.6 Å². The molecule has 45 heavy (non-hydrogen) atoms. The Morgan fingerprint density at radius 1 is 0.667 bits per heavy atom. The first kappa shape index (κ1) is 34.4. The van der Waals surface area contributed by atoms with Crippen molar-refractivity contribution >= 4 is 98.7 Å². The summed E-state index contributed by atoms with van der Waals surface area (Å²) < 4.78 is 39.1. The minimum absolute atomic E-state index is 0.0496. The molecule has 0 aliphatic rings. The van der Waals surface area contributed by atoms with E-state index in [-0.39, 0.29) is 47.9 Å². The third-order valence-corrected chi connectivity index (χ3v) is 7.35. The number of amides is 4. The summed E-state index contributed by atoms with van der Waals surface area (Å²) in [5.41, 5.74) is -1.54. The first-order valence-corrected chi connectivity index (χ1v) is 14.5. The number of hydrogen-bond acceptors (Lipinski definition) is 4. The van der Waals surface area contributed by atoms with Crippen LogP contribution in [-0.4, -0.2) is 22.3 Å². The van der Waals surface area contributed by atoms with Crippen molar-refractivity contribution in [2.45, 2.75) is 12.7 Å². The molecule has 0 aliphatic carbocycles. The highest BCUT2D eigenvalue weighted by Crippen LogP contribution is 2.43. The zero-order chi connectivity index (χ0) is 33.2. The Balaban J connectivity index is 1.86. The first-order chi connectivity index (χ1) is 21.0. The molecule has 0 aromatic heterocycles. The molecule has 0 aliphatic heterocycles. The minimum atomic E-state index is -4.58. The number of hydrazine groups is 1. The van der Waals surface area contributed by atoms with E-state index in [0.29, 0.717) is 10.0 Å². The Kier molecular flexibility index (Phi) is 10.6. The topological polar surface area (TPSA) is 105 Å². The van der Waals surface area contributed by atoms with Crippen molar-refractivity contribution < 1.29 is 33.0 Å². The molecular formula is C28H17Cl6F3N4O4. The maximum Gasteiger partial charge on any atom is 0.416 e. The number of aromatic hydroxyl groups is 2. The fraction of sp³-hybridized carbons (Fsp3) is 0.0714. The lowest BCUT2D eigenvalue weighted by atomic mass is 10.1. The maximum atomic E-state index is 14.0. The number of hydrogen-bond donors (Lipinski definition) is 4. The van der Waals surface area contributed by atoms with E-state index in [1.165, 1.54) is 18.2 Å². The van der Waals surface area contributed by atoms with Gasteiger partial charge in [0.15, 0.2) is 11.5 Å². The SMILES string of the molecule is O=C(NCc1ccc(C(F)(F)F)cc1)N(c1cc(Cl)cc(Cl)c1O)N(C(=O)Nc1cc(Cl)cc(Cl)c1)c1cc(Cl)cc(Cl)c1O. The van der Waals surface area contributed by atoms with Gasteiger partial charge in [0.05, 0.1) is 15.6 Å². The number of anilines is 3. The Morgan fingerprint density at radius 3 is 1.58 bits per heavy atom. The van der Waals surface area contributed by atoms with Crippen molar-refractivity contribution in [3.05, 3.63) is 108 Å². The number of phenols is 2. The summed E-state index contributed by atoms with van der Waals surface area (Å²) in [4.78, 5) is 27.9. The lowest BCUT2D eigenvalue weighted by Gasteiger charge is -2.35. The predicted octanol–water partition coefficient (Wildman–Crippen LogP) is 10.4. The van der Waals surface area contributed by atoms with Gasteiger partial charge >= 0.3 is 18.2 Å². The number of urea groups is 2. The lowest BCUT2D eigenvalue weighted by Crippen LogP contribution is -2.55. The van der Waals surface area contributed by atoms with Crippen molar-refractivity contribution in [1.82, 2.24) is 5.32 Å². The number of nitrogens with zero attached hydrogens (tertiary/aromatic N) is 2. The summed E-state index contributed by atoms with van der Waals surface area (Å²) in [6.45, 7) is -0.357. The summed E-state index contributed by atoms with van der Waals surface area (Å²) in [5, 5.41) is 27.4. The van der Waals surface area contributed by atoms with E-state index >= 15 is 0 Å². The number of nitrogens with one attached hydrogen (secondary N) is 2. The molecule has 0 saturated carbocycles. The van der Waals surface area contributed by atoms with Gasteiger partial charge in [0.1, 0.15) is 11.4 Å².